The number of carbonyl (C=O) groups excluding carboxylic acids is 4. The van der Waals surface area contributed by atoms with Crippen LogP contribution < -0.4 is 0 Å². The first kappa shape index (κ1) is 101. The van der Waals surface area contributed by atoms with Crippen LogP contribution in [0, 0.1) is 23.7 Å². The van der Waals surface area contributed by atoms with Crippen molar-refractivity contribution < 1.29 is 80.2 Å². The molecule has 0 rings (SSSR count). The van der Waals surface area contributed by atoms with Crippen LogP contribution in [-0.2, 0) is 65.4 Å². The molecule has 19 heteroatoms. The SMILES string of the molecule is CCC(C)CCCCCCCCCCCCCCCCC(=O)OC[C@H](COP(=O)(O)OCC(O)COP(=O)(O)OC[C@@H](COC(=O)CCCCCCCCCC(C)C)OC(=O)CCCCCCCCCCCCCCCCC(C)C)OC(=O)CCCCCCCCCCCCCCCCCC(C)C. The molecule has 0 aromatic heterocycles. The van der Waals surface area contributed by atoms with Crippen molar-refractivity contribution in [1.82, 2.24) is 0 Å². The normalized spacial score (nSPS) is 14.2. The zero-order valence-corrected chi connectivity index (χ0v) is 69.7. The molecule has 612 valence electrons. The molecule has 0 aliphatic rings. The molecule has 0 spiro atoms. The molecule has 0 heterocycles. The summed E-state index contributed by atoms with van der Waals surface area (Å²) in [4.78, 5) is 73.1. The van der Waals surface area contributed by atoms with E-state index in [0.29, 0.717) is 31.6 Å². The smallest absolute Gasteiger partial charge is 0.462 e. The minimum Gasteiger partial charge on any atom is -0.462 e. The quantitative estimate of drug-likeness (QED) is 0.0222. The van der Waals surface area contributed by atoms with Gasteiger partial charge in [-0.1, -0.05) is 383 Å². The van der Waals surface area contributed by atoms with Gasteiger partial charge in [0.25, 0.3) is 0 Å². The van der Waals surface area contributed by atoms with E-state index in [0.717, 1.165) is 114 Å². The second-order valence-electron chi connectivity index (χ2n) is 31.9. The molecule has 0 saturated carbocycles. The van der Waals surface area contributed by atoms with Gasteiger partial charge in [0.2, 0.25) is 0 Å². The highest BCUT2D eigenvalue weighted by Crippen LogP contribution is 2.45. The molecule has 3 N–H and O–H groups in total. The molecule has 0 aliphatic carbocycles. The van der Waals surface area contributed by atoms with Crippen molar-refractivity contribution in [3.8, 4) is 0 Å². The van der Waals surface area contributed by atoms with E-state index >= 15 is 0 Å². The van der Waals surface area contributed by atoms with Crippen LogP contribution in [-0.4, -0.2) is 96.7 Å². The van der Waals surface area contributed by atoms with Gasteiger partial charge in [0, 0.05) is 25.7 Å². The van der Waals surface area contributed by atoms with Crippen molar-refractivity contribution in [1.29, 1.82) is 0 Å². The Morgan fingerprint density at radius 3 is 0.689 bits per heavy atom. The summed E-state index contributed by atoms with van der Waals surface area (Å²) in [5, 5.41) is 10.7. The van der Waals surface area contributed by atoms with Gasteiger partial charge >= 0.3 is 39.5 Å². The third-order valence-corrected chi connectivity index (χ3v) is 21.8. The Hall–Kier alpha value is -1.94. The third kappa shape index (κ3) is 76.6. The number of hydrogen-bond acceptors (Lipinski definition) is 15. The fourth-order valence-electron chi connectivity index (χ4n) is 12.9. The first-order valence-corrected chi connectivity index (χ1v) is 46.2. The second kappa shape index (κ2) is 72.9. The number of phosphoric acid groups is 2. The highest BCUT2D eigenvalue weighted by molar-refractivity contribution is 7.47. The van der Waals surface area contributed by atoms with Gasteiger partial charge < -0.3 is 33.8 Å². The molecule has 4 unspecified atom stereocenters. The molecule has 17 nitrogen and oxygen atoms in total. The van der Waals surface area contributed by atoms with Crippen molar-refractivity contribution in [3.63, 3.8) is 0 Å². The van der Waals surface area contributed by atoms with Crippen LogP contribution >= 0.6 is 15.6 Å². The average Bonchev–Trinajstić information content (AvgIpc) is 0.945. The summed E-state index contributed by atoms with van der Waals surface area (Å²) in [6.45, 7) is 14.3. The van der Waals surface area contributed by atoms with Gasteiger partial charge in [-0.05, 0) is 49.4 Å². The van der Waals surface area contributed by atoms with Crippen molar-refractivity contribution in [2.75, 3.05) is 39.6 Å². The molecule has 0 aromatic carbocycles. The van der Waals surface area contributed by atoms with Crippen LogP contribution in [0.3, 0.4) is 0 Å². The number of hydrogen-bond donors (Lipinski definition) is 3. The Labute approximate surface area is 632 Å². The summed E-state index contributed by atoms with van der Waals surface area (Å²) in [5.74, 6) is 1.04. The van der Waals surface area contributed by atoms with Gasteiger partial charge in [-0.2, -0.15) is 0 Å². The van der Waals surface area contributed by atoms with E-state index in [1.807, 2.05) is 0 Å². The lowest BCUT2D eigenvalue weighted by molar-refractivity contribution is -0.161. The minimum absolute atomic E-state index is 0.107. The standard InChI is InChI=1S/C84H164O17P2/c1-9-77(8)63-55-47-39-31-25-19-14-16-20-26-32-40-48-56-64-81(86)94-70-79(100-83(88)66-58-50-41-33-27-21-12-10-11-17-23-29-36-44-52-60-74(2)3)72-98-102(90,91)96-68-78(85)69-97-103(92,93)99-73-80(71-95-82(87)65-57-49-43-35-38-46-54-62-76(6)7)101-84(89)67-59-51-42-34-28-22-15-13-18-24-30-37-45-53-61-75(4)5/h74-80,85H,9-73H2,1-8H3,(H,90,91)(H,92,93)/t77?,78?,79-,80-/m1/s1. The van der Waals surface area contributed by atoms with Crippen LogP contribution in [0.1, 0.15) is 434 Å². The van der Waals surface area contributed by atoms with Gasteiger partial charge in [0.1, 0.15) is 19.3 Å². The van der Waals surface area contributed by atoms with E-state index in [1.165, 1.54) is 231 Å². The molecule has 0 amide bonds. The predicted octanol–water partition coefficient (Wildman–Crippen LogP) is 25.2. The highest BCUT2D eigenvalue weighted by Gasteiger charge is 2.30. The predicted molar refractivity (Wildman–Crippen MR) is 423 cm³/mol. The maximum absolute atomic E-state index is 13.1. The molecule has 0 bridgehead atoms. The summed E-state index contributed by atoms with van der Waals surface area (Å²) in [6, 6.07) is 0. The van der Waals surface area contributed by atoms with Crippen LogP contribution in [0.15, 0.2) is 0 Å². The first-order valence-electron chi connectivity index (χ1n) is 43.2. The van der Waals surface area contributed by atoms with Crippen molar-refractivity contribution in [3.05, 3.63) is 0 Å². The number of aliphatic hydroxyl groups is 1. The largest absolute Gasteiger partial charge is 0.472 e. The number of esters is 4. The Morgan fingerprint density at radius 1 is 0.272 bits per heavy atom. The zero-order chi connectivity index (χ0) is 76.0. The molecule has 103 heavy (non-hydrogen) atoms. The van der Waals surface area contributed by atoms with Crippen LogP contribution in [0.25, 0.3) is 0 Å². The molecular weight excluding hydrogens is 1340 g/mol. The van der Waals surface area contributed by atoms with E-state index in [1.54, 1.807) is 0 Å². The fourth-order valence-corrected chi connectivity index (χ4v) is 14.5. The number of rotatable bonds is 81. The van der Waals surface area contributed by atoms with Gasteiger partial charge in [-0.15, -0.1) is 0 Å². The van der Waals surface area contributed by atoms with E-state index in [2.05, 4.69) is 55.4 Å². The lowest BCUT2D eigenvalue weighted by atomic mass is 9.99. The zero-order valence-electron chi connectivity index (χ0n) is 68.0. The van der Waals surface area contributed by atoms with Gasteiger partial charge in [0.15, 0.2) is 12.2 Å². The highest BCUT2D eigenvalue weighted by atomic mass is 31.2. The first-order chi connectivity index (χ1) is 49.6. The monoisotopic (exact) mass is 1510 g/mol. The Bertz CT molecular complexity index is 2010. The fraction of sp³-hybridized carbons (Fsp3) is 0.952. The van der Waals surface area contributed by atoms with Crippen molar-refractivity contribution in [2.24, 2.45) is 23.7 Å². The maximum Gasteiger partial charge on any atom is 0.472 e. The van der Waals surface area contributed by atoms with E-state index in [4.69, 9.17) is 37.0 Å². The number of phosphoric ester groups is 2. The Kier molecular flexibility index (Phi) is 71.5. The minimum atomic E-state index is -4.97. The van der Waals surface area contributed by atoms with Gasteiger partial charge in [-0.3, -0.25) is 37.3 Å². The number of carbonyl (C=O) groups is 4. The van der Waals surface area contributed by atoms with Crippen molar-refractivity contribution >= 4 is 39.5 Å². The molecule has 0 saturated heterocycles. The summed E-state index contributed by atoms with van der Waals surface area (Å²) >= 11 is 0. The Balaban J connectivity index is 5.25. The number of aliphatic hydroxyl groups excluding tert-OH is 1. The van der Waals surface area contributed by atoms with E-state index in [-0.39, 0.29) is 25.7 Å². The summed E-state index contributed by atoms with van der Waals surface area (Å²) in [6.07, 6.45) is 61.0. The molecule has 0 aromatic rings. The van der Waals surface area contributed by atoms with Gasteiger partial charge in [-0.25, -0.2) is 9.13 Å². The third-order valence-electron chi connectivity index (χ3n) is 19.9. The molecule has 0 radical (unpaired) electrons. The molecule has 0 aliphatic heterocycles. The Morgan fingerprint density at radius 2 is 0.466 bits per heavy atom. The van der Waals surface area contributed by atoms with Crippen LogP contribution in [0.5, 0.6) is 0 Å². The molecular formula is C84H164O17P2. The average molecular weight is 1510 g/mol. The van der Waals surface area contributed by atoms with Crippen LogP contribution in [0.2, 0.25) is 0 Å². The summed E-state index contributed by atoms with van der Waals surface area (Å²) in [5.41, 5.74) is 0. The lowest BCUT2D eigenvalue weighted by Gasteiger charge is -2.21. The number of unbranched alkanes of at least 4 members (excludes halogenated alkanes) is 46. The number of ether oxygens (including phenoxy) is 4. The second-order valence-corrected chi connectivity index (χ2v) is 34.8. The lowest BCUT2D eigenvalue weighted by Crippen LogP contribution is -2.30. The summed E-state index contributed by atoms with van der Waals surface area (Å²) < 4.78 is 68.8. The van der Waals surface area contributed by atoms with E-state index < -0.39 is 97.5 Å². The topological polar surface area (TPSA) is 237 Å². The maximum atomic E-state index is 13.1. The van der Waals surface area contributed by atoms with Crippen LogP contribution in [0.4, 0.5) is 0 Å². The van der Waals surface area contributed by atoms with Crippen molar-refractivity contribution in [2.45, 2.75) is 453 Å². The van der Waals surface area contributed by atoms with Gasteiger partial charge in [0.05, 0.1) is 26.4 Å². The molecule has 0 fully saturated rings. The molecule has 6 atom stereocenters. The summed E-state index contributed by atoms with van der Waals surface area (Å²) in [7, 11) is -9.93. The van der Waals surface area contributed by atoms with E-state index in [9.17, 15) is 43.2 Å².